The molecule has 0 aliphatic rings. The zero-order chi connectivity index (χ0) is 52.9. The summed E-state index contributed by atoms with van der Waals surface area (Å²) in [4.78, 5) is 38.3. The van der Waals surface area contributed by atoms with Gasteiger partial charge in [0.2, 0.25) is 0 Å². The molecule has 0 saturated heterocycles. The van der Waals surface area contributed by atoms with Crippen molar-refractivity contribution in [2.45, 2.75) is 322 Å². The van der Waals surface area contributed by atoms with Crippen molar-refractivity contribution in [1.29, 1.82) is 0 Å². The van der Waals surface area contributed by atoms with Gasteiger partial charge in [-0.2, -0.15) is 0 Å². The first-order chi connectivity index (χ1) is 36.0. The van der Waals surface area contributed by atoms with Crippen LogP contribution >= 0.6 is 0 Å². The van der Waals surface area contributed by atoms with E-state index in [2.05, 4.69) is 93.7 Å². The molecule has 0 radical (unpaired) electrons. The Morgan fingerprint density at radius 2 is 0.534 bits per heavy atom. The second-order valence-corrected chi connectivity index (χ2v) is 20.9. The van der Waals surface area contributed by atoms with Gasteiger partial charge in [-0.1, -0.05) is 280 Å². The molecule has 0 heterocycles. The van der Waals surface area contributed by atoms with Gasteiger partial charge in [-0.3, -0.25) is 14.4 Å². The van der Waals surface area contributed by atoms with Crippen LogP contribution in [-0.2, 0) is 28.6 Å². The number of carbonyl (C=O) groups excluding carboxylic acids is 3. The second-order valence-electron chi connectivity index (χ2n) is 20.9. The van der Waals surface area contributed by atoms with Gasteiger partial charge in [-0.15, -0.1) is 0 Å². The zero-order valence-electron chi connectivity index (χ0n) is 48.4. The van der Waals surface area contributed by atoms with Gasteiger partial charge in [0.05, 0.1) is 0 Å². The number of allylic oxidation sites excluding steroid dienone is 12. The third-order valence-electron chi connectivity index (χ3n) is 13.7. The van der Waals surface area contributed by atoms with Gasteiger partial charge in [0.15, 0.2) is 6.10 Å². The third kappa shape index (κ3) is 59.6. The lowest BCUT2D eigenvalue weighted by atomic mass is 10.0. The van der Waals surface area contributed by atoms with Crippen molar-refractivity contribution in [3.05, 3.63) is 72.9 Å². The third-order valence-corrected chi connectivity index (χ3v) is 13.7. The van der Waals surface area contributed by atoms with E-state index in [-0.39, 0.29) is 31.1 Å². The molecule has 6 nitrogen and oxygen atoms in total. The molecular formula is C67H118O6. The highest BCUT2D eigenvalue weighted by atomic mass is 16.6. The fourth-order valence-electron chi connectivity index (χ4n) is 9.00. The van der Waals surface area contributed by atoms with Crippen LogP contribution in [0.5, 0.6) is 0 Å². The Labute approximate surface area is 453 Å². The Balaban J connectivity index is 4.38. The molecule has 1 atom stereocenters. The van der Waals surface area contributed by atoms with Gasteiger partial charge in [-0.05, 0) is 89.9 Å². The topological polar surface area (TPSA) is 78.9 Å². The maximum absolute atomic E-state index is 12.9. The van der Waals surface area contributed by atoms with Gasteiger partial charge < -0.3 is 14.2 Å². The highest BCUT2D eigenvalue weighted by molar-refractivity contribution is 5.71. The molecule has 73 heavy (non-hydrogen) atoms. The standard InChI is InChI=1S/C67H118O6/c1-4-7-10-13-16-19-22-25-28-31-32-33-34-37-39-42-45-48-51-54-57-60-66(69)72-63-64(73-67(70)61-58-55-52-49-46-43-40-36-30-27-24-21-18-15-12-9-6-3)62-71-65(68)59-56-53-50-47-44-41-38-35-29-26-23-20-17-14-11-8-5-2/h9,12,17-18,20-21,26-27,29-30,40,43,64H,4-8,10-11,13-16,19,22-25,28,31-39,41-42,44-63H2,1-3H3/b12-9-,20-17-,21-18-,29-26-,30-27-,43-40-. The van der Waals surface area contributed by atoms with Crippen LogP contribution in [0.25, 0.3) is 0 Å². The van der Waals surface area contributed by atoms with Gasteiger partial charge in [0.1, 0.15) is 13.2 Å². The molecule has 0 fully saturated rings. The van der Waals surface area contributed by atoms with Gasteiger partial charge in [-0.25, -0.2) is 0 Å². The highest BCUT2D eigenvalue weighted by Gasteiger charge is 2.19. The van der Waals surface area contributed by atoms with Crippen molar-refractivity contribution in [3.63, 3.8) is 0 Å². The first kappa shape index (κ1) is 69.8. The quantitative estimate of drug-likeness (QED) is 0.0261. The number of hydrogen-bond donors (Lipinski definition) is 0. The largest absolute Gasteiger partial charge is 0.462 e. The number of carbonyl (C=O) groups is 3. The minimum absolute atomic E-state index is 0.0854. The average molecular weight is 1020 g/mol. The summed E-state index contributed by atoms with van der Waals surface area (Å²) < 4.78 is 16.9. The Kier molecular flexibility index (Phi) is 58.7. The Morgan fingerprint density at radius 1 is 0.288 bits per heavy atom. The predicted molar refractivity (Wildman–Crippen MR) is 316 cm³/mol. The number of esters is 3. The average Bonchev–Trinajstić information content (AvgIpc) is 3.39. The maximum Gasteiger partial charge on any atom is 0.306 e. The van der Waals surface area contributed by atoms with Crippen LogP contribution in [0.2, 0.25) is 0 Å². The minimum Gasteiger partial charge on any atom is -0.462 e. The van der Waals surface area contributed by atoms with E-state index in [1.165, 1.54) is 167 Å². The van der Waals surface area contributed by atoms with Crippen molar-refractivity contribution in [3.8, 4) is 0 Å². The Morgan fingerprint density at radius 3 is 0.863 bits per heavy atom. The molecule has 0 aromatic rings. The Hall–Kier alpha value is -3.15. The summed E-state index contributed by atoms with van der Waals surface area (Å²) in [6, 6.07) is 0. The van der Waals surface area contributed by atoms with Crippen LogP contribution in [0.4, 0.5) is 0 Å². The minimum atomic E-state index is -0.792. The summed E-state index contributed by atoms with van der Waals surface area (Å²) in [6.45, 7) is 6.52. The molecule has 0 aliphatic carbocycles. The number of hydrogen-bond acceptors (Lipinski definition) is 6. The monoisotopic (exact) mass is 1020 g/mol. The van der Waals surface area contributed by atoms with E-state index in [9.17, 15) is 14.4 Å². The fraction of sp³-hybridized carbons (Fsp3) is 0.776. The van der Waals surface area contributed by atoms with E-state index in [0.717, 1.165) is 109 Å². The summed E-state index contributed by atoms with van der Waals surface area (Å²) in [6.07, 6.45) is 79.0. The first-order valence-electron chi connectivity index (χ1n) is 31.4. The molecular weight excluding hydrogens is 901 g/mol. The maximum atomic E-state index is 12.9. The molecule has 0 aromatic heterocycles. The molecule has 0 aromatic carbocycles. The molecule has 0 saturated carbocycles. The van der Waals surface area contributed by atoms with Crippen LogP contribution in [0, 0.1) is 0 Å². The lowest BCUT2D eigenvalue weighted by molar-refractivity contribution is -0.167. The molecule has 422 valence electrons. The summed E-state index contributed by atoms with van der Waals surface area (Å²) in [7, 11) is 0. The smallest absolute Gasteiger partial charge is 0.306 e. The highest BCUT2D eigenvalue weighted by Crippen LogP contribution is 2.17. The summed E-state index contributed by atoms with van der Waals surface area (Å²) in [5.41, 5.74) is 0. The van der Waals surface area contributed by atoms with Crippen LogP contribution in [0.1, 0.15) is 316 Å². The molecule has 0 amide bonds. The molecule has 0 spiro atoms. The second kappa shape index (κ2) is 61.4. The van der Waals surface area contributed by atoms with Crippen LogP contribution in [0.3, 0.4) is 0 Å². The van der Waals surface area contributed by atoms with E-state index in [1.54, 1.807) is 0 Å². The van der Waals surface area contributed by atoms with E-state index < -0.39 is 6.10 Å². The van der Waals surface area contributed by atoms with E-state index >= 15 is 0 Å². The number of rotatable bonds is 57. The molecule has 0 N–H and O–H groups in total. The first-order valence-corrected chi connectivity index (χ1v) is 31.4. The van der Waals surface area contributed by atoms with Crippen molar-refractivity contribution in [1.82, 2.24) is 0 Å². The zero-order valence-corrected chi connectivity index (χ0v) is 48.4. The van der Waals surface area contributed by atoms with Crippen LogP contribution in [-0.4, -0.2) is 37.2 Å². The van der Waals surface area contributed by atoms with Crippen molar-refractivity contribution >= 4 is 17.9 Å². The lowest BCUT2D eigenvalue weighted by Crippen LogP contribution is -2.30. The van der Waals surface area contributed by atoms with E-state index in [0.29, 0.717) is 19.3 Å². The normalized spacial score (nSPS) is 12.5. The fourth-order valence-corrected chi connectivity index (χ4v) is 9.00. The molecule has 0 rings (SSSR count). The van der Waals surface area contributed by atoms with Crippen molar-refractivity contribution in [2.75, 3.05) is 13.2 Å². The Bertz CT molecular complexity index is 1360. The van der Waals surface area contributed by atoms with E-state index in [1.807, 2.05) is 0 Å². The molecule has 1 unspecified atom stereocenters. The summed E-state index contributed by atoms with van der Waals surface area (Å²) in [5.74, 6) is -0.902. The van der Waals surface area contributed by atoms with Gasteiger partial charge >= 0.3 is 17.9 Å². The number of ether oxygens (including phenoxy) is 3. The lowest BCUT2D eigenvalue weighted by Gasteiger charge is -2.18. The van der Waals surface area contributed by atoms with Gasteiger partial charge in [0.25, 0.3) is 0 Å². The molecule has 0 aliphatic heterocycles. The molecule has 6 heteroatoms. The summed E-state index contributed by atoms with van der Waals surface area (Å²) >= 11 is 0. The molecule has 0 bridgehead atoms. The van der Waals surface area contributed by atoms with Crippen molar-refractivity contribution in [2.24, 2.45) is 0 Å². The SMILES string of the molecule is CC/C=C\C/C=C\C/C=C\C/C=C\CCCCCCC(=O)OC(COC(=O)CCCCCCCCC/C=C\C/C=C\CCCCC)COC(=O)CCCCCCCCCCCCCCCCCCCCCCC. The van der Waals surface area contributed by atoms with Crippen LogP contribution < -0.4 is 0 Å². The van der Waals surface area contributed by atoms with Crippen LogP contribution in [0.15, 0.2) is 72.9 Å². The van der Waals surface area contributed by atoms with Crippen molar-refractivity contribution < 1.29 is 28.6 Å². The predicted octanol–water partition coefficient (Wildman–Crippen LogP) is 21.3. The number of unbranched alkanes of at least 4 members (excludes halogenated alkanes) is 34. The summed E-state index contributed by atoms with van der Waals surface area (Å²) in [5, 5.41) is 0. The van der Waals surface area contributed by atoms with Gasteiger partial charge in [0, 0.05) is 19.3 Å². The van der Waals surface area contributed by atoms with E-state index in [4.69, 9.17) is 14.2 Å².